The molecule has 0 atom stereocenters. The molecule has 0 spiro atoms. The number of carbonyl (C=O) groups is 1. The first kappa shape index (κ1) is 11.3. The standard InChI is InChI=1S/C12H14O3/c1-3-9(2)11(12(13)14)15-10-7-5-4-6-8-10/h4-8H,3H2,1-2H3,(H,13,14)/b11-9+. The van der Waals surface area contributed by atoms with E-state index in [9.17, 15) is 4.79 Å². The lowest BCUT2D eigenvalue weighted by Crippen LogP contribution is -2.10. The summed E-state index contributed by atoms with van der Waals surface area (Å²) in [5.74, 6) is -0.468. The number of aliphatic carboxylic acids is 1. The summed E-state index contributed by atoms with van der Waals surface area (Å²) in [6, 6.07) is 8.91. The van der Waals surface area contributed by atoms with E-state index in [4.69, 9.17) is 9.84 Å². The molecule has 0 unspecified atom stereocenters. The molecule has 0 saturated heterocycles. The van der Waals surface area contributed by atoms with Crippen molar-refractivity contribution in [3.05, 3.63) is 41.7 Å². The van der Waals surface area contributed by atoms with Gasteiger partial charge in [0.2, 0.25) is 5.76 Å². The van der Waals surface area contributed by atoms with E-state index in [1.165, 1.54) is 0 Å². The first-order valence-corrected chi connectivity index (χ1v) is 4.81. The summed E-state index contributed by atoms with van der Waals surface area (Å²) in [5.41, 5.74) is 0.728. The maximum absolute atomic E-state index is 10.9. The van der Waals surface area contributed by atoms with Crippen LogP contribution >= 0.6 is 0 Å². The molecule has 1 N–H and O–H groups in total. The fourth-order valence-corrected chi connectivity index (χ4v) is 1.08. The molecule has 1 aromatic rings. The predicted octanol–water partition coefficient (Wildman–Crippen LogP) is 2.83. The van der Waals surface area contributed by atoms with Crippen LogP contribution in [-0.2, 0) is 4.79 Å². The molecular weight excluding hydrogens is 192 g/mol. The number of carboxylic acid groups (broad SMARTS) is 1. The Morgan fingerprint density at radius 1 is 1.33 bits per heavy atom. The van der Waals surface area contributed by atoms with Crippen molar-refractivity contribution in [2.45, 2.75) is 20.3 Å². The number of allylic oxidation sites excluding steroid dienone is 1. The van der Waals surface area contributed by atoms with Crippen molar-refractivity contribution in [3.63, 3.8) is 0 Å². The van der Waals surface area contributed by atoms with E-state index >= 15 is 0 Å². The molecule has 0 bridgehead atoms. The van der Waals surface area contributed by atoms with Gasteiger partial charge in [-0.2, -0.15) is 0 Å². The Bertz CT molecular complexity index is 366. The fraction of sp³-hybridized carbons (Fsp3) is 0.250. The van der Waals surface area contributed by atoms with Gasteiger partial charge in [-0.05, 0) is 31.1 Å². The molecule has 0 aliphatic heterocycles. The van der Waals surface area contributed by atoms with Crippen molar-refractivity contribution in [2.75, 3.05) is 0 Å². The van der Waals surface area contributed by atoms with Gasteiger partial charge >= 0.3 is 5.97 Å². The Kier molecular flexibility index (Phi) is 3.92. The quantitative estimate of drug-likeness (QED) is 0.608. The number of hydrogen-bond donors (Lipinski definition) is 1. The Morgan fingerprint density at radius 3 is 2.40 bits per heavy atom. The highest BCUT2D eigenvalue weighted by Crippen LogP contribution is 2.16. The summed E-state index contributed by atoms with van der Waals surface area (Å²) >= 11 is 0. The number of benzene rings is 1. The normalized spacial score (nSPS) is 11.9. The third-order valence-electron chi connectivity index (χ3n) is 2.08. The van der Waals surface area contributed by atoms with Crippen molar-refractivity contribution in [1.82, 2.24) is 0 Å². The Hall–Kier alpha value is -1.77. The average molecular weight is 206 g/mol. The van der Waals surface area contributed by atoms with E-state index in [1.54, 1.807) is 31.2 Å². The van der Waals surface area contributed by atoms with Crippen LogP contribution in [0.2, 0.25) is 0 Å². The van der Waals surface area contributed by atoms with E-state index < -0.39 is 5.97 Å². The number of hydrogen-bond acceptors (Lipinski definition) is 2. The summed E-state index contributed by atoms with van der Waals surface area (Å²) in [7, 11) is 0. The molecule has 0 radical (unpaired) electrons. The van der Waals surface area contributed by atoms with Crippen LogP contribution in [-0.4, -0.2) is 11.1 Å². The van der Waals surface area contributed by atoms with Gasteiger partial charge in [0.05, 0.1) is 0 Å². The number of rotatable bonds is 4. The molecule has 15 heavy (non-hydrogen) atoms. The smallest absolute Gasteiger partial charge is 0.371 e. The molecule has 3 nitrogen and oxygen atoms in total. The highest BCUT2D eigenvalue weighted by molar-refractivity contribution is 5.85. The minimum Gasteiger partial charge on any atom is -0.475 e. The number of carboxylic acids is 1. The van der Waals surface area contributed by atoms with Crippen LogP contribution < -0.4 is 4.74 Å². The van der Waals surface area contributed by atoms with Crippen LogP contribution in [0.1, 0.15) is 20.3 Å². The van der Waals surface area contributed by atoms with Crippen molar-refractivity contribution < 1.29 is 14.6 Å². The zero-order valence-electron chi connectivity index (χ0n) is 8.86. The molecule has 0 aliphatic rings. The SMILES string of the molecule is CC/C(C)=C(/Oc1ccccc1)C(=O)O. The summed E-state index contributed by atoms with van der Waals surface area (Å²) in [5, 5.41) is 8.95. The first-order valence-electron chi connectivity index (χ1n) is 4.81. The molecule has 0 fully saturated rings. The summed E-state index contributed by atoms with van der Waals surface area (Å²) in [6.45, 7) is 3.65. The van der Waals surface area contributed by atoms with Crippen LogP contribution in [0.25, 0.3) is 0 Å². The lowest BCUT2D eigenvalue weighted by Gasteiger charge is -2.08. The molecule has 3 heteroatoms. The van der Waals surface area contributed by atoms with Crippen LogP contribution in [0, 0.1) is 0 Å². The Labute approximate surface area is 89.0 Å². The summed E-state index contributed by atoms with van der Waals surface area (Å²) in [6.07, 6.45) is 0.661. The first-order chi connectivity index (χ1) is 7.15. The van der Waals surface area contributed by atoms with Crippen LogP contribution in [0.4, 0.5) is 0 Å². The van der Waals surface area contributed by atoms with E-state index in [-0.39, 0.29) is 5.76 Å². The maximum Gasteiger partial charge on any atom is 0.371 e. The summed E-state index contributed by atoms with van der Waals surface area (Å²) < 4.78 is 5.31. The van der Waals surface area contributed by atoms with Gasteiger partial charge in [0.25, 0.3) is 0 Å². The second-order valence-electron chi connectivity index (χ2n) is 3.18. The third kappa shape index (κ3) is 3.13. The Morgan fingerprint density at radius 2 is 1.93 bits per heavy atom. The van der Waals surface area contributed by atoms with Crippen LogP contribution in [0.5, 0.6) is 5.75 Å². The Balaban J connectivity index is 2.91. The van der Waals surface area contributed by atoms with Gasteiger partial charge in [0, 0.05) is 0 Å². The van der Waals surface area contributed by atoms with E-state index in [0.717, 1.165) is 5.57 Å². The topological polar surface area (TPSA) is 46.5 Å². The molecule has 0 amide bonds. The number of para-hydroxylation sites is 1. The van der Waals surface area contributed by atoms with Gasteiger partial charge in [-0.15, -0.1) is 0 Å². The maximum atomic E-state index is 10.9. The molecule has 0 saturated carbocycles. The van der Waals surface area contributed by atoms with E-state index in [0.29, 0.717) is 12.2 Å². The third-order valence-corrected chi connectivity index (χ3v) is 2.08. The average Bonchev–Trinajstić information content (AvgIpc) is 2.26. The lowest BCUT2D eigenvalue weighted by atomic mass is 10.2. The molecule has 1 aromatic carbocycles. The predicted molar refractivity (Wildman–Crippen MR) is 57.7 cm³/mol. The zero-order valence-corrected chi connectivity index (χ0v) is 8.86. The summed E-state index contributed by atoms with van der Waals surface area (Å²) in [4.78, 5) is 10.9. The van der Waals surface area contributed by atoms with Crippen LogP contribution in [0.15, 0.2) is 41.7 Å². The minimum atomic E-state index is -1.03. The second kappa shape index (κ2) is 5.20. The lowest BCUT2D eigenvalue weighted by molar-refractivity contribution is -0.135. The van der Waals surface area contributed by atoms with Gasteiger partial charge in [-0.1, -0.05) is 25.1 Å². The van der Waals surface area contributed by atoms with E-state index in [2.05, 4.69) is 0 Å². The van der Waals surface area contributed by atoms with Crippen molar-refractivity contribution in [2.24, 2.45) is 0 Å². The number of ether oxygens (including phenoxy) is 1. The molecule has 80 valence electrons. The molecule has 1 rings (SSSR count). The second-order valence-corrected chi connectivity index (χ2v) is 3.18. The molecule has 0 heterocycles. The van der Waals surface area contributed by atoms with Gasteiger partial charge in [-0.25, -0.2) is 4.79 Å². The van der Waals surface area contributed by atoms with Gasteiger partial charge < -0.3 is 9.84 Å². The highest BCUT2D eigenvalue weighted by Gasteiger charge is 2.12. The fourth-order valence-electron chi connectivity index (χ4n) is 1.08. The largest absolute Gasteiger partial charge is 0.475 e. The van der Waals surface area contributed by atoms with Gasteiger partial charge in [-0.3, -0.25) is 0 Å². The molecular formula is C12H14O3. The monoisotopic (exact) mass is 206 g/mol. The van der Waals surface area contributed by atoms with Crippen molar-refractivity contribution in [3.8, 4) is 5.75 Å². The van der Waals surface area contributed by atoms with Gasteiger partial charge in [0.1, 0.15) is 5.75 Å². The van der Waals surface area contributed by atoms with E-state index in [1.807, 2.05) is 13.0 Å². The van der Waals surface area contributed by atoms with Crippen molar-refractivity contribution >= 4 is 5.97 Å². The zero-order chi connectivity index (χ0) is 11.3. The van der Waals surface area contributed by atoms with Gasteiger partial charge in [0.15, 0.2) is 0 Å². The minimum absolute atomic E-state index is 0.0173. The highest BCUT2D eigenvalue weighted by atomic mass is 16.5. The van der Waals surface area contributed by atoms with Crippen LogP contribution in [0.3, 0.4) is 0 Å². The molecule has 0 aromatic heterocycles. The molecule has 0 aliphatic carbocycles. The van der Waals surface area contributed by atoms with Crippen molar-refractivity contribution in [1.29, 1.82) is 0 Å².